The number of hydrogen-bond donors (Lipinski definition) is 1. The molecule has 1 aromatic carbocycles. The van der Waals surface area contributed by atoms with Crippen LogP contribution in [0.2, 0.25) is 0 Å². The van der Waals surface area contributed by atoms with Crippen molar-refractivity contribution in [3.63, 3.8) is 0 Å². The molecule has 2 saturated heterocycles. The summed E-state index contributed by atoms with van der Waals surface area (Å²) in [5.74, 6) is 0.767. The maximum Gasteiger partial charge on any atom is 0.416 e. The van der Waals surface area contributed by atoms with E-state index in [4.69, 9.17) is 4.52 Å². The van der Waals surface area contributed by atoms with Crippen LogP contribution in [0, 0.1) is 5.92 Å². The average molecular weight is 432 g/mol. The Kier molecular flexibility index (Phi) is 6.45. The highest BCUT2D eigenvalue weighted by Gasteiger charge is 2.32. The van der Waals surface area contributed by atoms with E-state index in [1.54, 1.807) is 0 Å². The molecule has 2 aliphatic rings. The maximum absolute atomic E-state index is 12.9. The molecular weight excluding hydrogens is 411 g/mol. The Balaban J connectivity index is 0.00000240. The molecule has 4 rings (SSSR count). The van der Waals surface area contributed by atoms with Crippen molar-refractivity contribution in [2.45, 2.75) is 12.7 Å². The van der Waals surface area contributed by atoms with Crippen molar-refractivity contribution in [3.8, 4) is 11.4 Å². The fourth-order valence-corrected chi connectivity index (χ4v) is 3.31. The van der Waals surface area contributed by atoms with Gasteiger partial charge in [0.25, 0.3) is 0 Å². The molecule has 2 aromatic rings. The third kappa shape index (κ3) is 4.88. The molecule has 0 atom stereocenters. The summed E-state index contributed by atoms with van der Waals surface area (Å²) in [6.45, 7) is 4.56. The van der Waals surface area contributed by atoms with Crippen LogP contribution < -0.4 is 5.32 Å². The molecule has 0 radical (unpaired) electrons. The van der Waals surface area contributed by atoms with Gasteiger partial charge in [0, 0.05) is 44.8 Å². The van der Waals surface area contributed by atoms with Gasteiger partial charge in [-0.1, -0.05) is 17.3 Å². The van der Waals surface area contributed by atoms with Crippen LogP contribution in [0.25, 0.3) is 11.4 Å². The van der Waals surface area contributed by atoms with E-state index in [1.165, 1.54) is 12.1 Å². The molecule has 2 aliphatic heterocycles. The number of nitrogens with one attached hydrogen (secondary N) is 1. The predicted molar refractivity (Wildman–Crippen MR) is 100 cm³/mol. The predicted octanol–water partition coefficient (Wildman–Crippen LogP) is 2.04. The second-order valence-corrected chi connectivity index (χ2v) is 7.05. The number of hydrogen-bond acceptors (Lipinski definition) is 6. The van der Waals surface area contributed by atoms with Crippen molar-refractivity contribution in [3.05, 3.63) is 35.7 Å². The number of aromatic nitrogens is 2. The quantitative estimate of drug-likeness (QED) is 0.798. The van der Waals surface area contributed by atoms with Gasteiger partial charge in [-0.15, -0.1) is 12.4 Å². The van der Waals surface area contributed by atoms with Crippen LogP contribution in [0.15, 0.2) is 28.8 Å². The summed E-state index contributed by atoms with van der Waals surface area (Å²) >= 11 is 0. The van der Waals surface area contributed by atoms with E-state index < -0.39 is 11.7 Å². The number of carbonyl (C=O) groups is 1. The van der Waals surface area contributed by atoms with Crippen molar-refractivity contribution in [2.24, 2.45) is 5.92 Å². The van der Waals surface area contributed by atoms with E-state index in [0.29, 0.717) is 38.6 Å². The molecule has 29 heavy (non-hydrogen) atoms. The average Bonchev–Trinajstić information content (AvgIpc) is 3.09. The van der Waals surface area contributed by atoms with Crippen molar-refractivity contribution >= 4 is 18.3 Å². The third-order valence-electron chi connectivity index (χ3n) is 5.09. The Hall–Kier alpha value is -2.17. The first-order valence-electron chi connectivity index (χ1n) is 9.12. The summed E-state index contributed by atoms with van der Waals surface area (Å²) in [4.78, 5) is 20.4. The van der Waals surface area contributed by atoms with Gasteiger partial charge in [0.05, 0.1) is 18.0 Å². The Morgan fingerprint density at radius 1 is 1.21 bits per heavy atom. The molecule has 0 aliphatic carbocycles. The number of carbonyl (C=O) groups excluding carboxylic acids is 1. The Morgan fingerprint density at radius 3 is 2.55 bits per heavy atom. The number of amides is 1. The second kappa shape index (κ2) is 8.68. The van der Waals surface area contributed by atoms with Gasteiger partial charge in [-0.2, -0.15) is 18.2 Å². The topological polar surface area (TPSA) is 74.5 Å². The smallest absolute Gasteiger partial charge is 0.340 e. The van der Waals surface area contributed by atoms with E-state index in [0.717, 1.165) is 25.2 Å². The minimum absolute atomic E-state index is 0. The van der Waals surface area contributed by atoms with E-state index >= 15 is 0 Å². The van der Waals surface area contributed by atoms with Crippen LogP contribution in [0.5, 0.6) is 0 Å². The SMILES string of the molecule is Cl.O=C(C1CNC1)N1CCN(Cc2nc(-c3cccc(C(F)(F)F)c3)no2)CC1. The van der Waals surface area contributed by atoms with Gasteiger partial charge in [0.15, 0.2) is 0 Å². The lowest BCUT2D eigenvalue weighted by atomic mass is 10.0. The highest BCUT2D eigenvalue weighted by atomic mass is 35.5. The van der Waals surface area contributed by atoms with Crippen molar-refractivity contribution < 1.29 is 22.5 Å². The van der Waals surface area contributed by atoms with Crippen LogP contribution in [0.3, 0.4) is 0 Å². The van der Waals surface area contributed by atoms with Crippen LogP contribution in [0.4, 0.5) is 13.2 Å². The number of alkyl halides is 3. The summed E-state index contributed by atoms with van der Waals surface area (Å²) in [5, 5.41) is 6.91. The number of halogens is 4. The highest BCUT2D eigenvalue weighted by Crippen LogP contribution is 2.31. The Bertz CT molecular complexity index is 848. The first kappa shape index (κ1) is 21.5. The third-order valence-corrected chi connectivity index (χ3v) is 5.09. The van der Waals surface area contributed by atoms with E-state index in [-0.39, 0.29) is 35.6 Å². The Morgan fingerprint density at radius 2 is 1.93 bits per heavy atom. The first-order valence-corrected chi connectivity index (χ1v) is 9.12. The first-order chi connectivity index (χ1) is 13.4. The highest BCUT2D eigenvalue weighted by molar-refractivity contribution is 5.85. The molecule has 11 heteroatoms. The molecular formula is C18H21ClF3N5O2. The van der Waals surface area contributed by atoms with E-state index in [9.17, 15) is 18.0 Å². The molecule has 1 amide bonds. The van der Waals surface area contributed by atoms with E-state index in [2.05, 4.69) is 20.4 Å². The molecule has 158 valence electrons. The van der Waals surface area contributed by atoms with Gasteiger partial charge in [-0.25, -0.2) is 0 Å². The van der Waals surface area contributed by atoms with Crippen LogP contribution in [0.1, 0.15) is 11.5 Å². The van der Waals surface area contributed by atoms with Gasteiger partial charge in [0.1, 0.15) is 0 Å². The monoisotopic (exact) mass is 431 g/mol. The summed E-state index contributed by atoms with van der Waals surface area (Å²) in [6.07, 6.45) is -4.42. The zero-order chi connectivity index (χ0) is 19.7. The minimum Gasteiger partial charge on any atom is -0.340 e. The van der Waals surface area contributed by atoms with Crippen molar-refractivity contribution in [1.82, 2.24) is 25.3 Å². The largest absolute Gasteiger partial charge is 0.416 e. The van der Waals surface area contributed by atoms with Crippen LogP contribution in [-0.4, -0.2) is 65.1 Å². The van der Waals surface area contributed by atoms with Gasteiger partial charge in [0.2, 0.25) is 17.6 Å². The number of benzene rings is 1. The molecule has 0 bridgehead atoms. The standard InChI is InChI=1S/C18H20F3N5O2.ClH/c19-18(20,21)14-3-1-2-12(8-14)16-23-15(28-24-16)11-25-4-6-26(7-5-25)17(27)13-9-22-10-13;/h1-3,8,13,22H,4-7,9-11H2;1H. The molecule has 3 heterocycles. The fraction of sp³-hybridized carbons (Fsp3) is 0.500. The zero-order valence-corrected chi connectivity index (χ0v) is 16.3. The van der Waals surface area contributed by atoms with Gasteiger partial charge in [-0.05, 0) is 12.1 Å². The lowest BCUT2D eigenvalue weighted by molar-refractivity contribution is -0.139. The molecule has 7 nitrogen and oxygen atoms in total. The number of nitrogens with zero attached hydrogens (tertiary/aromatic N) is 4. The van der Waals surface area contributed by atoms with E-state index in [1.807, 2.05) is 4.90 Å². The van der Waals surface area contributed by atoms with Crippen molar-refractivity contribution in [2.75, 3.05) is 39.3 Å². The molecule has 0 saturated carbocycles. The molecule has 2 fully saturated rings. The fourth-order valence-electron chi connectivity index (χ4n) is 3.31. The maximum atomic E-state index is 12.9. The van der Waals surface area contributed by atoms with Crippen LogP contribution >= 0.6 is 12.4 Å². The summed E-state index contributed by atoms with van der Waals surface area (Å²) in [6, 6.07) is 4.85. The lowest BCUT2D eigenvalue weighted by Gasteiger charge is -2.38. The van der Waals surface area contributed by atoms with Gasteiger partial charge in [-0.3, -0.25) is 9.69 Å². The second-order valence-electron chi connectivity index (χ2n) is 7.05. The van der Waals surface area contributed by atoms with Gasteiger partial charge < -0.3 is 14.7 Å². The zero-order valence-electron chi connectivity index (χ0n) is 15.5. The molecule has 0 unspecified atom stereocenters. The molecule has 1 aromatic heterocycles. The summed E-state index contributed by atoms with van der Waals surface area (Å²) < 4.78 is 43.8. The lowest BCUT2D eigenvalue weighted by Crippen LogP contribution is -2.56. The normalized spacial score (nSPS) is 18.2. The van der Waals surface area contributed by atoms with Gasteiger partial charge >= 0.3 is 6.18 Å². The summed E-state index contributed by atoms with van der Waals surface area (Å²) in [7, 11) is 0. The molecule has 1 N–H and O–H groups in total. The number of rotatable bonds is 4. The minimum atomic E-state index is -4.42. The van der Waals surface area contributed by atoms with Crippen molar-refractivity contribution in [1.29, 1.82) is 0 Å². The summed E-state index contributed by atoms with van der Waals surface area (Å²) in [5.41, 5.74) is -0.492. The van der Waals surface area contributed by atoms with Crippen LogP contribution in [-0.2, 0) is 17.5 Å². The molecule has 0 spiro atoms. The number of piperazine rings is 1. The Labute approximate surface area is 171 Å².